The van der Waals surface area contributed by atoms with E-state index in [2.05, 4.69) is 10.6 Å². The lowest BCUT2D eigenvalue weighted by atomic mass is 10.2. The van der Waals surface area contributed by atoms with Crippen molar-refractivity contribution in [3.05, 3.63) is 24.2 Å². The summed E-state index contributed by atoms with van der Waals surface area (Å²) in [5, 5.41) is 6.15. The molecule has 2 heterocycles. The number of hydrogen-bond donors (Lipinski definition) is 2. The zero-order chi connectivity index (χ0) is 11.4. The van der Waals surface area contributed by atoms with Crippen LogP contribution in [0.5, 0.6) is 0 Å². The molecule has 5 heteroatoms. The van der Waals surface area contributed by atoms with Crippen molar-refractivity contribution in [2.75, 3.05) is 18.1 Å². The van der Waals surface area contributed by atoms with Crippen LogP contribution in [0, 0.1) is 0 Å². The molecule has 2 unspecified atom stereocenters. The van der Waals surface area contributed by atoms with Gasteiger partial charge in [-0.2, -0.15) is 11.8 Å². The largest absolute Gasteiger partial charge is 0.467 e. The first-order valence-corrected chi connectivity index (χ1v) is 6.58. The monoisotopic (exact) mass is 240 g/mol. The number of carbonyl (C=O) groups is 1. The Hall–Kier alpha value is -0.940. The summed E-state index contributed by atoms with van der Waals surface area (Å²) in [6.07, 6.45) is 1.62. The number of carbonyl (C=O) groups excluding carboxylic acids is 1. The van der Waals surface area contributed by atoms with Crippen molar-refractivity contribution in [1.29, 1.82) is 0 Å². The molecule has 0 radical (unpaired) electrons. The minimum Gasteiger partial charge on any atom is -0.467 e. The predicted molar refractivity (Wildman–Crippen MR) is 64.4 cm³/mol. The van der Waals surface area contributed by atoms with Gasteiger partial charge in [-0.25, -0.2) is 0 Å². The van der Waals surface area contributed by atoms with Gasteiger partial charge in [0.05, 0.1) is 18.3 Å². The zero-order valence-corrected chi connectivity index (χ0v) is 10.0. The van der Waals surface area contributed by atoms with Gasteiger partial charge < -0.3 is 15.1 Å². The van der Waals surface area contributed by atoms with Crippen LogP contribution in [0.4, 0.5) is 0 Å². The number of hydrogen-bond acceptors (Lipinski definition) is 4. The Bertz CT molecular complexity index is 334. The molecular formula is C11H16N2O2S. The Kier molecular flexibility index (Phi) is 3.90. The Morgan fingerprint density at radius 2 is 2.62 bits per heavy atom. The highest BCUT2D eigenvalue weighted by Crippen LogP contribution is 2.13. The number of rotatable bonds is 3. The van der Waals surface area contributed by atoms with Crippen LogP contribution in [-0.4, -0.2) is 30.0 Å². The van der Waals surface area contributed by atoms with Crippen molar-refractivity contribution in [3.63, 3.8) is 0 Å². The van der Waals surface area contributed by atoms with Crippen LogP contribution in [0.25, 0.3) is 0 Å². The molecule has 88 valence electrons. The Labute approximate surface area is 99.2 Å². The minimum absolute atomic E-state index is 0.0519. The standard InChI is InChI=1S/C11H16N2O2S/c1-8(10-3-2-5-15-10)13-11(14)9-7-16-6-4-12-9/h2-3,5,8-9,12H,4,6-7H2,1H3,(H,13,14). The molecule has 2 N–H and O–H groups in total. The van der Waals surface area contributed by atoms with Crippen LogP contribution in [0.3, 0.4) is 0 Å². The molecule has 2 atom stereocenters. The van der Waals surface area contributed by atoms with E-state index in [1.807, 2.05) is 30.8 Å². The third-order valence-electron chi connectivity index (χ3n) is 2.57. The smallest absolute Gasteiger partial charge is 0.238 e. The highest BCUT2D eigenvalue weighted by Gasteiger charge is 2.22. The molecule has 0 spiro atoms. The summed E-state index contributed by atoms with van der Waals surface area (Å²) in [7, 11) is 0. The second-order valence-electron chi connectivity index (χ2n) is 3.83. The van der Waals surface area contributed by atoms with Crippen LogP contribution in [0.15, 0.2) is 22.8 Å². The highest BCUT2D eigenvalue weighted by atomic mass is 32.2. The first-order chi connectivity index (χ1) is 7.77. The molecule has 1 aromatic heterocycles. The van der Waals surface area contributed by atoms with E-state index in [-0.39, 0.29) is 18.0 Å². The Balaban J connectivity index is 1.86. The van der Waals surface area contributed by atoms with E-state index in [1.165, 1.54) is 0 Å². The molecule has 1 saturated heterocycles. The topological polar surface area (TPSA) is 54.3 Å². The second-order valence-corrected chi connectivity index (χ2v) is 4.98. The minimum atomic E-state index is -0.0730. The first kappa shape index (κ1) is 11.5. The van der Waals surface area contributed by atoms with Crippen molar-refractivity contribution < 1.29 is 9.21 Å². The summed E-state index contributed by atoms with van der Waals surface area (Å²) < 4.78 is 5.24. The van der Waals surface area contributed by atoms with E-state index >= 15 is 0 Å². The van der Waals surface area contributed by atoms with E-state index in [9.17, 15) is 4.79 Å². The highest BCUT2D eigenvalue weighted by molar-refractivity contribution is 7.99. The molecule has 1 amide bonds. The molecule has 1 aliphatic rings. The second kappa shape index (κ2) is 5.41. The molecular weight excluding hydrogens is 224 g/mol. The molecule has 0 aliphatic carbocycles. The van der Waals surface area contributed by atoms with E-state index in [0.29, 0.717) is 0 Å². The Morgan fingerprint density at radius 1 is 1.75 bits per heavy atom. The molecule has 0 bridgehead atoms. The molecule has 0 aromatic carbocycles. The average molecular weight is 240 g/mol. The van der Waals surface area contributed by atoms with Crippen molar-refractivity contribution in [1.82, 2.24) is 10.6 Å². The third kappa shape index (κ3) is 2.80. The number of nitrogens with one attached hydrogen (secondary N) is 2. The van der Waals surface area contributed by atoms with Crippen LogP contribution < -0.4 is 10.6 Å². The van der Waals surface area contributed by atoms with Gasteiger partial charge in [-0.15, -0.1) is 0 Å². The fourth-order valence-corrected chi connectivity index (χ4v) is 2.59. The van der Waals surface area contributed by atoms with Gasteiger partial charge in [0.25, 0.3) is 0 Å². The molecule has 1 fully saturated rings. The van der Waals surface area contributed by atoms with Crippen molar-refractivity contribution in [3.8, 4) is 0 Å². The van der Waals surface area contributed by atoms with Crippen molar-refractivity contribution >= 4 is 17.7 Å². The molecule has 2 rings (SSSR count). The van der Waals surface area contributed by atoms with E-state index in [0.717, 1.165) is 23.8 Å². The molecule has 1 aromatic rings. The predicted octanol–water partition coefficient (Wildman–Crippen LogP) is 1.16. The number of thioether (sulfide) groups is 1. The average Bonchev–Trinajstić information content (AvgIpc) is 2.83. The maximum atomic E-state index is 11.9. The lowest BCUT2D eigenvalue weighted by Gasteiger charge is -2.23. The summed E-state index contributed by atoms with van der Waals surface area (Å²) >= 11 is 1.81. The number of amides is 1. The first-order valence-electron chi connectivity index (χ1n) is 5.42. The Morgan fingerprint density at radius 3 is 3.25 bits per heavy atom. The van der Waals surface area contributed by atoms with Crippen LogP contribution in [-0.2, 0) is 4.79 Å². The SMILES string of the molecule is CC(NC(=O)C1CSCCN1)c1ccco1. The van der Waals surface area contributed by atoms with Gasteiger partial charge in [-0.1, -0.05) is 0 Å². The summed E-state index contributed by atoms with van der Waals surface area (Å²) in [5.74, 6) is 2.77. The molecule has 4 nitrogen and oxygen atoms in total. The lowest BCUT2D eigenvalue weighted by molar-refractivity contribution is -0.123. The van der Waals surface area contributed by atoms with Gasteiger partial charge in [-0.3, -0.25) is 4.79 Å². The van der Waals surface area contributed by atoms with Crippen molar-refractivity contribution in [2.45, 2.75) is 19.0 Å². The molecule has 1 aliphatic heterocycles. The molecule has 16 heavy (non-hydrogen) atoms. The summed E-state index contributed by atoms with van der Waals surface area (Å²) in [6.45, 7) is 2.82. The normalized spacial score (nSPS) is 22.7. The van der Waals surface area contributed by atoms with Gasteiger partial charge >= 0.3 is 0 Å². The molecule has 0 saturated carbocycles. The number of furan rings is 1. The summed E-state index contributed by atoms with van der Waals surface area (Å²) in [6, 6.07) is 3.55. The van der Waals surface area contributed by atoms with E-state index in [1.54, 1.807) is 6.26 Å². The maximum Gasteiger partial charge on any atom is 0.238 e. The summed E-state index contributed by atoms with van der Waals surface area (Å²) in [5.41, 5.74) is 0. The van der Waals surface area contributed by atoms with E-state index < -0.39 is 0 Å². The van der Waals surface area contributed by atoms with Crippen LogP contribution in [0.2, 0.25) is 0 Å². The van der Waals surface area contributed by atoms with Gasteiger partial charge in [0.2, 0.25) is 5.91 Å². The van der Waals surface area contributed by atoms with Gasteiger partial charge in [0.1, 0.15) is 5.76 Å². The van der Waals surface area contributed by atoms with Crippen LogP contribution in [0.1, 0.15) is 18.7 Å². The van der Waals surface area contributed by atoms with Crippen LogP contribution >= 0.6 is 11.8 Å². The van der Waals surface area contributed by atoms with Gasteiger partial charge in [0, 0.05) is 18.1 Å². The fraction of sp³-hybridized carbons (Fsp3) is 0.545. The van der Waals surface area contributed by atoms with Gasteiger partial charge in [-0.05, 0) is 19.1 Å². The van der Waals surface area contributed by atoms with E-state index in [4.69, 9.17) is 4.42 Å². The quantitative estimate of drug-likeness (QED) is 0.832. The zero-order valence-electron chi connectivity index (χ0n) is 9.23. The summed E-state index contributed by atoms with van der Waals surface area (Å²) in [4.78, 5) is 11.9. The third-order valence-corrected chi connectivity index (χ3v) is 3.63. The van der Waals surface area contributed by atoms with Crippen molar-refractivity contribution in [2.24, 2.45) is 0 Å². The fourth-order valence-electron chi connectivity index (χ4n) is 1.66. The lowest BCUT2D eigenvalue weighted by Crippen LogP contribution is -2.49. The van der Waals surface area contributed by atoms with Gasteiger partial charge in [0.15, 0.2) is 0 Å². The maximum absolute atomic E-state index is 11.9.